The average Bonchev–Trinajstić information content (AvgIpc) is 3.61. The van der Waals surface area contributed by atoms with Crippen molar-refractivity contribution >= 4 is 69.5 Å². The van der Waals surface area contributed by atoms with Crippen LogP contribution in [0.5, 0.6) is 0 Å². The summed E-state index contributed by atoms with van der Waals surface area (Å²) in [5.41, 5.74) is -7.64. The number of aliphatic hydroxyl groups is 1. The van der Waals surface area contributed by atoms with E-state index >= 15 is 0 Å². The van der Waals surface area contributed by atoms with Crippen molar-refractivity contribution in [3.05, 3.63) is 59.9 Å². The van der Waals surface area contributed by atoms with Crippen LogP contribution in [0.3, 0.4) is 0 Å². The number of thioether (sulfide) groups is 2. The normalized spacial score (nSPS) is 13.8. The summed E-state index contributed by atoms with van der Waals surface area (Å²) in [5, 5.41) is 23.8. The van der Waals surface area contributed by atoms with Crippen molar-refractivity contribution in [1.82, 2.24) is 0 Å². The number of hydrogen-bond donors (Lipinski definition) is 2. The van der Waals surface area contributed by atoms with E-state index in [4.69, 9.17) is 17.5 Å². The molecule has 0 unspecified atom stereocenters. The minimum atomic E-state index is -4.34. The standard InChI is InChI=1S/C14H11F3N2OS2.C8H4F3NS2/c15-14(16,17)22-10-5-3-9(4-6-10)19-13(21)11(7-18)12(20)8-1-2-8;9-8(10,11)14-7-3-1-6(2-4-7)12-5-13/h3-6,8,20H,1-2H2,(H,19,21);1-4H/b12-11+;. The second-order valence-corrected chi connectivity index (χ2v) is 9.79. The summed E-state index contributed by atoms with van der Waals surface area (Å²) < 4.78 is 72.4. The highest BCUT2D eigenvalue weighted by atomic mass is 32.2. The van der Waals surface area contributed by atoms with Crippen molar-refractivity contribution in [3.63, 3.8) is 0 Å². The number of isothiocyanates is 1. The Kier molecular flexibility index (Phi) is 10.8. The summed E-state index contributed by atoms with van der Waals surface area (Å²) in [6.07, 6.45) is 1.64. The maximum absolute atomic E-state index is 12.2. The number of allylic oxidation sites excluding steroid dienone is 1. The second kappa shape index (κ2) is 13.1. The number of halogens is 6. The van der Waals surface area contributed by atoms with E-state index in [1.165, 1.54) is 48.5 Å². The monoisotopic (exact) mass is 579 g/mol. The van der Waals surface area contributed by atoms with Gasteiger partial charge in [-0.25, -0.2) is 0 Å². The molecule has 0 spiro atoms. The first-order valence-corrected chi connectivity index (χ1v) is 12.2. The van der Waals surface area contributed by atoms with Crippen molar-refractivity contribution < 1.29 is 31.4 Å². The Balaban J connectivity index is 0.000000281. The fourth-order valence-corrected chi connectivity index (χ4v) is 3.95. The number of hydrogen-bond acceptors (Lipinski definition) is 7. The third kappa shape index (κ3) is 11.0. The lowest BCUT2D eigenvalue weighted by atomic mass is 10.2. The van der Waals surface area contributed by atoms with Crippen LogP contribution in [0, 0.1) is 17.2 Å². The molecular weight excluding hydrogens is 565 g/mol. The molecule has 14 heteroatoms. The van der Waals surface area contributed by atoms with Gasteiger partial charge in [0.05, 0.1) is 10.8 Å². The predicted molar refractivity (Wildman–Crippen MR) is 136 cm³/mol. The van der Waals surface area contributed by atoms with Gasteiger partial charge in [-0.05, 0) is 97.1 Å². The largest absolute Gasteiger partial charge is 0.511 e. The first-order chi connectivity index (χ1) is 16.8. The van der Waals surface area contributed by atoms with Gasteiger partial charge in [-0.2, -0.15) is 36.6 Å². The molecule has 2 aromatic rings. The minimum Gasteiger partial charge on any atom is -0.511 e. The molecule has 0 heterocycles. The van der Waals surface area contributed by atoms with Gasteiger partial charge in [0.2, 0.25) is 0 Å². The Labute approximate surface area is 221 Å². The second-order valence-electron chi connectivity index (χ2n) is 6.92. The van der Waals surface area contributed by atoms with Crippen LogP contribution in [0.15, 0.2) is 74.6 Å². The van der Waals surface area contributed by atoms with Crippen molar-refractivity contribution in [3.8, 4) is 6.07 Å². The van der Waals surface area contributed by atoms with Crippen LogP contribution >= 0.6 is 48.0 Å². The topological polar surface area (TPSA) is 68.4 Å². The highest BCUT2D eigenvalue weighted by Gasteiger charge is 2.31. The molecule has 1 saturated carbocycles. The van der Waals surface area contributed by atoms with Crippen LogP contribution in [0.4, 0.5) is 37.7 Å². The van der Waals surface area contributed by atoms with Crippen LogP contribution in [0.2, 0.25) is 0 Å². The third-order valence-corrected chi connectivity index (χ3v) is 6.03. The highest BCUT2D eigenvalue weighted by molar-refractivity contribution is 8.00. The van der Waals surface area contributed by atoms with Crippen LogP contribution in [0.25, 0.3) is 0 Å². The first kappa shape index (κ1) is 29.7. The molecule has 190 valence electrons. The molecule has 4 nitrogen and oxygen atoms in total. The Morgan fingerprint density at radius 1 is 0.944 bits per heavy atom. The Morgan fingerprint density at radius 3 is 1.81 bits per heavy atom. The molecule has 0 amide bonds. The highest BCUT2D eigenvalue weighted by Crippen LogP contribution is 2.38. The van der Waals surface area contributed by atoms with Gasteiger partial charge in [0.1, 0.15) is 22.4 Å². The number of nitrogens with zero attached hydrogens (tertiary/aromatic N) is 2. The van der Waals surface area contributed by atoms with Gasteiger partial charge in [-0.15, -0.1) is 0 Å². The van der Waals surface area contributed by atoms with Gasteiger partial charge < -0.3 is 10.4 Å². The molecule has 0 aromatic heterocycles. The maximum Gasteiger partial charge on any atom is 0.446 e. The SMILES string of the molecule is FC(F)(F)Sc1ccc(N=C=S)cc1.N#C/C(C(=S)Nc1ccc(SC(F)(F)F)cc1)=C(\O)C1CC1. The number of nitrogens with one attached hydrogen (secondary N) is 1. The molecule has 0 atom stereocenters. The van der Waals surface area contributed by atoms with E-state index < -0.39 is 11.0 Å². The number of aliphatic imine (C=N–C) groups is 1. The number of anilines is 1. The minimum absolute atomic E-state index is 0.00578. The average molecular weight is 580 g/mol. The number of nitriles is 1. The van der Waals surface area contributed by atoms with Crippen molar-refractivity contribution in [2.45, 2.75) is 33.6 Å². The quantitative estimate of drug-likeness (QED) is 0.0674. The lowest BCUT2D eigenvalue weighted by Crippen LogP contribution is -2.13. The van der Waals surface area contributed by atoms with E-state index in [9.17, 15) is 31.4 Å². The Bertz CT molecular complexity index is 1180. The molecule has 2 N–H and O–H groups in total. The summed E-state index contributed by atoms with van der Waals surface area (Å²) in [6.45, 7) is 0. The first-order valence-electron chi connectivity index (χ1n) is 9.75. The summed E-state index contributed by atoms with van der Waals surface area (Å²) in [7, 11) is 0. The molecule has 2 aromatic carbocycles. The van der Waals surface area contributed by atoms with Gasteiger partial charge >= 0.3 is 11.0 Å². The number of aliphatic hydroxyl groups excluding tert-OH is 1. The van der Waals surface area contributed by atoms with Crippen LogP contribution in [0.1, 0.15) is 12.8 Å². The molecule has 1 aliphatic rings. The van der Waals surface area contributed by atoms with Crippen LogP contribution < -0.4 is 5.32 Å². The van der Waals surface area contributed by atoms with Gasteiger partial charge in [0.15, 0.2) is 0 Å². The van der Waals surface area contributed by atoms with Gasteiger partial charge in [0, 0.05) is 21.4 Å². The summed E-state index contributed by atoms with van der Waals surface area (Å²) in [5.74, 6) is -0.0378. The van der Waals surface area contributed by atoms with E-state index in [1.54, 1.807) is 0 Å². The number of thiocarbonyl (C=S) groups is 2. The zero-order valence-electron chi connectivity index (χ0n) is 17.9. The Hall–Kier alpha value is -2.56. The predicted octanol–water partition coefficient (Wildman–Crippen LogP) is 8.82. The molecule has 0 saturated heterocycles. The number of benzene rings is 2. The summed E-state index contributed by atoms with van der Waals surface area (Å²) in [6, 6.07) is 12.9. The fourth-order valence-electron chi connectivity index (χ4n) is 2.49. The van der Waals surface area contributed by atoms with Gasteiger partial charge in [0.25, 0.3) is 0 Å². The lowest BCUT2D eigenvalue weighted by Gasteiger charge is -2.10. The summed E-state index contributed by atoms with van der Waals surface area (Å²) >= 11 is 9.05. The molecule has 0 bridgehead atoms. The van der Waals surface area contributed by atoms with Crippen LogP contribution in [-0.4, -0.2) is 26.3 Å². The molecule has 1 fully saturated rings. The zero-order chi connectivity index (χ0) is 26.9. The molecule has 36 heavy (non-hydrogen) atoms. The molecule has 0 aliphatic heterocycles. The van der Waals surface area contributed by atoms with E-state index in [2.05, 4.69) is 27.7 Å². The van der Waals surface area contributed by atoms with E-state index in [0.29, 0.717) is 11.4 Å². The van der Waals surface area contributed by atoms with Gasteiger partial charge in [-0.1, -0.05) is 12.2 Å². The lowest BCUT2D eigenvalue weighted by molar-refractivity contribution is -0.0337. The van der Waals surface area contributed by atoms with Crippen molar-refractivity contribution in [2.24, 2.45) is 10.9 Å². The number of rotatable bonds is 6. The molecule has 1 aliphatic carbocycles. The smallest absolute Gasteiger partial charge is 0.446 e. The molecule has 0 radical (unpaired) electrons. The number of alkyl halides is 6. The maximum atomic E-state index is 12.2. The van der Waals surface area contributed by atoms with Crippen molar-refractivity contribution in [2.75, 3.05) is 5.32 Å². The van der Waals surface area contributed by atoms with Gasteiger partial charge in [-0.3, -0.25) is 0 Å². The Morgan fingerprint density at radius 2 is 1.42 bits per heavy atom. The fraction of sp³-hybridized carbons (Fsp3) is 0.227. The molecule has 3 rings (SSSR count). The molecular formula is C22H15F6N3OS4. The van der Waals surface area contributed by atoms with E-state index in [1.807, 2.05) is 6.07 Å². The zero-order valence-corrected chi connectivity index (χ0v) is 21.1. The van der Waals surface area contributed by atoms with E-state index in [-0.39, 0.29) is 55.6 Å². The summed E-state index contributed by atoms with van der Waals surface area (Å²) in [4.78, 5) is 3.86. The third-order valence-electron chi connectivity index (χ3n) is 4.15. The van der Waals surface area contributed by atoms with Crippen LogP contribution in [-0.2, 0) is 0 Å². The van der Waals surface area contributed by atoms with Crippen molar-refractivity contribution in [1.29, 1.82) is 5.26 Å². The van der Waals surface area contributed by atoms with E-state index in [0.717, 1.165) is 12.8 Å².